The van der Waals surface area contributed by atoms with Gasteiger partial charge in [0.05, 0.1) is 0 Å². The second-order valence-corrected chi connectivity index (χ2v) is 1.97. The summed E-state index contributed by atoms with van der Waals surface area (Å²) in [6.07, 6.45) is 5.62. The Balaban J connectivity index is 0.000000261. The summed E-state index contributed by atoms with van der Waals surface area (Å²) in [6, 6.07) is 5.04. The van der Waals surface area contributed by atoms with E-state index >= 15 is 0 Å². The molecule has 0 saturated carbocycles. The predicted octanol–water partition coefficient (Wildman–Crippen LogP) is 2.99. The minimum atomic E-state index is -0.799. The van der Waals surface area contributed by atoms with Gasteiger partial charge < -0.3 is 0 Å². The number of rotatable bonds is 0. The lowest BCUT2D eigenvalue weighted by molar-refractivity contribution is 0.508. The first kappa shape index (κ1) is 10.6. The first-order valence-electron chi connectivity index (χ1n) is 3.55. The van der Waals surface area contributed by atoms with Gasteiger partial charge in [-0.1, -0.05) is 19.1 Å². The molecule has 2 heteroatoms. The quantitative estimate of drug-likeness (QED) is 0.522. The van der Waals surface area contributed by atoms with Crippen LogP contribution in [0.15, 0.2) is 24.3 Å². The summed E-state index contributed by atoms with van der Waals surface area (Å²) in [7, 11) is 0. The van der Waals surface area contributed by atoms with Crippen molar-refractivity contribution in [1.29, 1.82) is 0 Å². The fourth-order valence-corrected chi connectivity index (χ4v) is 0.439. The van der Waals surface area contributed by atoms with Crippen LogP contribution in [0.2, 0.25) is 0 Å². The molecule has 1 aromatic rings. The van der Waals surface area contributed by atoms with Crippen molar-refractivity contribution in [3.8, 4) is 12.3 Å². The lowest BCUT2D eigenvalue weighted by atomic mass is 10.3. The number of benzene rings is 1. The fourth-order valence-electron chi connectivity index (χ4n) is 0.439. The number of halogens is 2. The summed E-state index contributed by atoms with van der Waals surface area (Å²) in [5.74, 6) is 0.833. The Labute approximate surface area is 71.2 Å². The van der Waals surface area contributed by atoms with Crippen LogP contribution in [0.25, 0.3) is 0 Å². The molecule has 0 nitrogen and oxygen atoms in total. The van der Waals surface area contributed by atoms with E-state index in [0.717, 1.165) is 18.6 Å². The van der Waals surface area contributed by atoms with Crippen LogP contribution in [0.4, 0.5) is 8.78 Å². The van der Waals surface area contributed by atoms with Crippen LogP contribution in [-0.4, -0.2) is 0 Å². The minimum Gasteiger partial charge on any atom is -0.204 e. The molecular formula is C10H10F2. The van der Waals surface area contributed by atoms with Crippen molar-refractivity contribution in [1.82, 2.24) is 0 Å². The normalized spacial score (nSPS) is 7.83. The molecule has 0 aliphatic heterocycles. The Bertz CT molecular complexity index is 240. The highest BCUT2D eigenvalue weighted by molar-refractivity contribution is 5.05. The predicted molar refractivity (Wildman–Crippen MR) is 45.5 cm³/mol. The van der Waals surface area contributed by atoms with Crippen molar-refractivity contribution in [3.63, 3.8) is 0 Å². The molecule has 0 unspecified atom stereocenters. The molecule has 0 aliphatic carbocycles. The van der Waals surface area contributed by atoms with E-state index in [0.29, 0.717) is 0 Å². The highest BCUT2D eigenvalue weighted by Gasteiger charge is 1.93. The Hall–Kier alpha value is -1.36. The first-order chi connectivity index (χ1) is 5.72. The molecular weight excluding hydrogens is 158 g/mol. The van der Waals surface area contributed by atoms with Gasteiger partial charge >= 0.3 is 0 Å². The van der Waals surface area contributed by atoms with Crippen molar-refractivity contribution >= 4 is 0 Å². The summed E-state index contributed by atoms with van der Waals surface area (Å²) < 4.78 is 23.9. The topological polar surface area (TPSA) is 0 Å². The largest absolute Gasteiger partial charge is 0.204 e. The summed E-state index contributed by atoms with van der Waals surface area (Å²) >= 11 is 0. The van der Waals surface area contributed by atoms with E-state index in [-0.39, 0.29) is 0 Å². The molecule has 64 valence electrons. The molecule has 1 rings (SSSR count). The van der Waals surface area contributed by atoms with Gasteiger partial charge in [-0.25, -0.2) is 8.78 Å². The Morgan fingerprint density at radius 3 is 1.75 bits per heavy atom. The van der Waals surface area contributed by atoms with Gasteiger partial charge in [0, 0.05) is 6.42 Å². The second-order valence-electron chi connectivity index (χ2n) is 1.97. The first-order valence-corrected chi connectivity index (χ1v) is 3.55. The molecule has 0 aliphatic rings. The minimum absolute atomic E-state index is 0.799. The van der Waals surface area contributed by atoms with Gasteiger partial charge in [0.2, 0.25) is 0 Å². The zero-order valence-electron chi connectivity index (χ0n) is 6.85. The Morgan fingerprint density at radius 1 is 1.25 bits per heavy atom. The SMILES string of the molecule is C#CCC.Fc1ccccc1F. The number of hydrogen-bond acceptors (Lipinski definition) is 0. The van der Waals surface area contributed by atoms with Gasteiger partial charge in [-0.05, 0) is 12.1 Å². The third kappa shape index (κ3) is 4.45. The number of terminal acetylenes is 1. The van der Waals surface area contributed by atoms with Crippen molar-refractivity contribution in [2.75, 3.05) is 0 Å². The summed E-state index contributed by atoms with van der Waals surface area (Å²) in [5.41, 5.74) is 0. The molecule has 12 heavy (non-hydrogen) atoms. The van der Waals surface area contributed by atoms with Crippen LogP contribution in [0.1, 0.15) is 13.3 Å². The van der Waals surface area contributed by atoms with E-state index < -0.39 is 11.6 Å². The molecule has 1 aromatic carbocycles. The van der Waals surface area contributed by atoms with Gasteiger partial charge in [-0.15, -0.1) is 12.3 Å². The highest BCUT2D eigenvalue weighted by atomic mass is 19.2. The second kappa shape index (κ2) is 6.36. The molecule has 0 atom stereocenters. The molecule has 0 saturated heterocycles. The number of hydrogen-bond donors (Lipinski definition) is 0. The summed E-state index contributed by atoms with van der Waals surface area (Å²) in [4.78, 5) is 0. The zero-order valence-corrected chi connectivity index (χ0v) is 6.85. The van der Waals surface area contributed by atoms with Crippen molar-refractivity contribution in [3.05, 3.63) is 35.9 Å². The Morgan fingerprint density at radius 2 is 1.58 bits per heavy atom. The van der Waals surface area contributed by atoms with Crippen molar-refractivity contribution in [2.24, 2.45) is 0 Å². The molecule has 0 aromatic heterocycles. The zero-order chi connectivity index (χ0) is 9.40. The van der Waals surface area contributed by atoms with E-state index in [1.54, 1.807) is 0 Å². The third-order valence-corrected chi connectivity index (χ3v) is 1.03. The van der Waals surface area contributed by atoms with Crippen LogP contribution in [-0.2, 0) is 0 Å². The van der Waals surface area contributed by atoms with Crippen molar-refractivity contribution < 1.29 is 8.78 Å². The van der Waals surface area contributed by atoms with E-state index in [1.807, 2.05) is 6.92 Å². The van der Waals surface area contributed by atoms with Crippen LogP contribution in [0.3, 0.4) is 0 Å². The molecule has 0 radical (unpaired) electrons. The maximum atomic E-state index is 11.9. The van der Waals surface area contributed by atoms with Gasteiger partial charge in [0.15, 0.2) is 11.6 Å². The smallest absolute Gasteiger partial charge is 0.158 e. The van der Waals surface area contributed by atoms with Gasteiger partial charge in [-0.3, -0.25) is 0 Å². The van der Waals surface area contributed by atoms with E-state index in [9.17, 15) is 8.78 Å². The third-order valence-electron chi connectivity index (χ3n) is 1.03. The average molecular weight is 168 g/mol. The van der Waals surface area contributed by atoms with E-state index in [4.69, 9.17) is 6.42 Å². The van der Waals surface area contributed by atoms with Crippen LogP contribution < -0.4 is 0 Å². The molecule has 0 fully saturated rings. The molecule has 0 N–H and O–H groups in total. The lowest BCUT2D eigenvalue weighted by Crippen LogP contribution is -1.77. The highest BCUT2D eigenvalue weighted by Crippen LogP contribution is 2.01. The molecule has 0 heterocycles. The van der Waals surface area contributed by atoms with E-state index in [1.165, 1.54) is 12.1 Å². The maximum Gasteiger partial charge on any atom is 0.158 e. The van der Waals surface area contributed by atoms with Crippen LogP contribution >= 0.6 is 0 Å². The van der Waals surface area contributed by atoms with Crippen LogP contribution in [0, 0.1) is 24.0 Å². The Kier molecular flexibility index (Phi) is 5.64. The molecule has 0 spiro atoms. The van der Waals surface area contributed by atoms with E-state index in [2.05, 4.69) is 5.92 Å². The van der Waals surface area contributed by atoms with Gasteiger partial charge in [0.1, 0.15) is 0 Å². The fraction of sp³-hybridized carbons (Fsp3) is 0.200. The average Bonchev–Trinajstić information content (AvgIpc) is 2.11. The standard InChI is InChI=1S/C6H4F2.C4H6/c7-5-3-1-2-4-6(5)8;1-3-4-2/h1-4H;1H,4H2,2H3. The summed E-state index contributed by atoms with van der Waals surface area (Å²) in [5, 5.41) is 0. The van der Waals surface area contributed by atoms with Gasteiger partial charge in [0.25, 0.3) is 0 Å². The van der Waals surface area contributed by atoms with Crippen LogP contribution in [0.5, 0.6) is 0 Å². The maximum absolute atomic E-state index is 11.9. The molecule has 0 amide bonds. The monoisotopic (exact) mass is 168 g/mol. The van der Waals surface area contributed by atoms with Gasteiger partial charge in [-0.2, -0.15) is 0 Å². The molecule has 0 bridgehead atoms. The lowest BCUT2D eigenvalue weighted by Gasteiger charge is -1.85. The van der Waals surface area contributed by atoms with Crippen molar-refractivity contribution in [2.45, 2.75) is 13.3 Å². The summed E-state index contributed by atoms with van der Waals surface area (Å²) in [6.45, 7) is 1.94.